The SMILES string of the molecule is COc1ccc(OCC(C)NS(=O)(=O)c2ccc(OC)c(OC)c2)cc1. The highest BCUT2D eigenvalue weighted by molar-refractivity contribution is 7.89. The van der Waals surface area contributed by atoms with Crippen LogP contribution in [-0.4, -0.2) is 42.4 Å². The minimum Gasteiger partial charge on any atom is -0.497 e. The van der Waals surface area contributed by atoms with Crippen molar-refractivity contribution in [2.75, 3.05) is 27.9 Å². The molecule has 0 aliphatic rings. The molecule has 2 aromatic carbocycles. The predicted octanol–water partition coefficient (Wildman–Crippen LogP) is 2.46. The summed E-state index contributed by atoms with van der Waals surface area (Å²) in [5.74, 6) is 2.15. The fourth-order valence-electron chi connectivity index (χ4n) is 2.24. The van der Waals surface area contributed by atoms with Crippen LogP contribution in [0.4, 0.5) is 0 Å². The lowest BCUT2D eigenvalue weighted by Crippen LogP contribution is -2.36. The van der Waals surface area contributed by atoms with Gasteiger partial charge in [0.05, 0.1) is 32.3 Å². The maximum absolute atomic E-state index is 12.5. The molecule has 0 fully saturated rings. The monoisotopic (exact) mass is 381 g/mol. The van der Waals surface area contributed by atoms with Crippen LogP contribution in [0.25, 0.3) is 0 Å². The summed E-state index contributed by atoms with van der Waals surface area (Å²) in [6.45, 7) is 1.90. The van der Waals surface area contributed by atoms with Gasteiger partial charge in [-0.2, -0.15) is 0 Å². The van der Waals surface area contributed by atoms with Gasteiger partial charge in [-0.25, -0.2) is 13.1 Å². The average Bonchev–Trinajstić information content (AvgIpc) is 2.65. The number of sulfonamides is 1. The van der Waals surface area contributed by atoms with Crippen LogP contribution in [0.15, 0.2) is 47.4 Å². The molecule has 0 spiro atoms. The van der Waals surface area contributed by atoms with Gasteiger partial charge in [-0.3, -0.25) is 0 Å². The molecule has 1 unspecified atom stereocenters. The summed E-state index contributed by atoms with van der Waals surface area (Å²) in [6, 6.07) is 11.0. The summed E-state index contributed by atoms with van der Waals surface area (Å²) in [5, 5.41) is 0. The lowest BCUT2D eigenvalue weighted by atomic mass is 10.3. The molecule has 0 bridgehead atoms. The molecular weight excluding hydrogens is 358 g/mol. The van der Waals surface area contributed by atoms with Crippen molar-refractivity contribution in [3.8, 4) is 23.0 Å². The van der Waals surface area contributed by atoms with E-state index in [4.69, 9.17) is 18.9 Å². The Balaban J connectivity index is 2.01. The molecule has 0 radical (unpaired) electrons. The van der Waals surface area contributed by atoms with Gasteiger partial charge in [0.1, 0.15) is 18.1 Å². The van der Waals surface area contributed by atoms with Crippen molar-refractivity contribution in [1.82, 2.24) is 4.72 Å². The van der Waals surface area contributed by atoms with E-state index in [1.54, 1.807) is 44.4 Å². The molecule has 2 rings (SSSR count). The zero-order valence-corrected chi connectivity index (χ0v) is 16.0. The third-order valence-corrected chi connectivity index (χ3v) is 5.17. The van der Waals surface area contributed by atoms with E-state index in [1.807, 2.05) is 0 Å². The van der Waals surface area contributed by atoms with Crippen molar-refractivity contribution in [3.63, 3.8) is 0 Å². The summed E-state index contributed by atoms with van der Waals surface area (Å²) < 4.78 is 48.6. The second kappa shape index (κ2) is 8.77. The van der Waals surface area contributed by atoms with Crippen LogP contribution in [0, 0.1) is 0 Å². The van der Waals surface area contributed by atoms with Crippen molar-refractivity contribution in [2.24, 2.45) is 0 Å². The van der Waals surface area contributed by atoms with Crippen molar-refractivity contribution in [3.05, 3.63) is 42.5 Å². The van der Waals surface area contributed by atoms with E-state index >= 15 is 0 Å². The molecule has 0 aliphatic carbocycles. The topological polar surface area (TPSA) is 83.1 Å². The lowest BCUT2D eigenvalue weighted by Gasteiger charge is -2.16. The van der Waals surface area contributed by atoms with Crippen molar-refractivity contribution >= 4 is 10.0 Å². The van der Waals surface area contributed by atoms with Crippen LogP contribution in [0.5, 0.6) is 23.0 Å². The largest absolute Gasteiger partial charge is 0.497 e. The molecule has 0 amide bonds. The highest BCUT2D eigenvalue weighted by Crippen LogP contribution is 2.29. The summed E-state index contributed by atoms with van der Waals surface area (Å²) in [4.78, 5) is 0.0893. The number of methoxy groups -OCH3 is 3. The number of benzene rings is 2. The van der Waals surface area contributed by atoms with Crippen LogP contribution in [0.2, 0.25) is 0 Å². The summed E-state index contributed by atoms with van der Waals surface area (Å²) in [7, 11) is 0.807. The molecule has 0 aromatic heterocycles. The van der Waals surface area contributed by atoms with Gasteiger partial charge in [-0.05, 0) is 43.3 Å². The third kappa shape index (κ3) is 5.03. The molecule has 0 heterocycles. The minimum atomic E-state index is -3.72. The Morgan fingerprint density at radius 2 is 1.50 bits per heavy atom. The first kappa shape index (κ1) is 19.9. The Kier molecular flexibility index (Phi) is 6.70. The first-order chi connectivity index (χ1) is 12.4. The average molecular weight is 381 g/mol. The molecule has 26 heavy (non-hydrogen) atoms. The Hall–Kier alpha value is -2.45. The molecule has 8 heteroatoms. The zero-order chi connectivity index (χ0) is 19.2. The molecule has 1 atom stereocenters. The number of hydrogen-bond donors (Lipinski definition) is 1. The van der Waals surface area contributed by atoms with Crippen molar-refractivity contribution in [2.45, 2.75) is 17.9 Å². The summed E-state index contributed by atoms with van der Waals surface area (Å²) in [6.07, 6.45) is 0. The molecule has 7 nitrogen and oxygen atoms in total. The molecule has 0 saturated heterocycles. The van der Waals surface area contributed by atoms with Crippen LogP contribution in [-0.2, 0) is 10.0 Å². The van der Waals surface area contributed by atoms with E-state index in [2.05, 4.69) is 4.72 Å². The predicted molar refractivity (Wildman–Crippen MR) is 97.8 cm³/mol. The van der Waals surface area contributed by atoms with E-state index in [1.165, 1.54) is 26.4 Å². The van der Waals surface area contributed by atoms with E-state index in [0.29, 0.717) is 17.2 Å². The number of nitrogens with one attached hydrogen (secondary N) is 1. The van der Waals surface area contributed by atoms with Gasteiger partial charge in [0.2, 0.25) is 10.0 Å². The molecule has 142 valence electrons. The maximum Gasteiger partial charge on any atom is 0.241 e. The van der Waals surface area contributed by atoms with Gasteiger partial charge in [0, 0.05) is 6.07 Å². The Labute approximate surface area is 153 Å². The standard InChI is InChI=1S/C18H23NO6S/c1-13(12-25-15-7-5-14(22-2)6-8-15)19-26(20,21)16-9-10-17(23-3)18(11-16)24-4/h5-11,13,19H,12H2,1-4H3. The third-order valence-electron chi connectivity index (χ3n) is 3.58. The Morgan fingerprint density at radius 3 is 2.08 bits per heavy atom. The van der Waals surface area contributed by atoms with E-state index in [-0.39, 0.29) is 11.5 Å². The first-order valence-corrected chi connectivity index (χ1v) is 9.39. The van der Waals surface area contributed by atoms with Crippen LogP contribution >= 0.6 is 0 Å². The molecule has 0 saturated carbocycles. The summed E-state index contributed by atoms with van der Waals surface area (Å²) in [5.41, 5.74) is 0. The zero-order valence-electron chi connectivity index (χ0n) is 15.2. The van der Waals surface area contributed by atoms with Gasteiger partial charge in [-0.1, -0.05) is 0 Å². The van der Waals surface area contributed by atoms with E-state index in [0.717, 1.165) is 5.75 Å². The fraction of sp³-hybridized carbons (Fsp3) is 0.333. The van der Waals surface area contributed by atoms with Gasteiger partial charge in [-0.15, -0.1) is 0 Å². The van der Waals surface area contributed by atoms with Crippen LogP contribution < -0.4 is 23.7 Å². The number of hydrogen-bond acceptors (Lipinski definition) is 6. The molecular formula is C18H23NO6S. The summed E-state index contributed by atoms with van der Waals surface area (Å²) >= 11 is 0. The van der Waals surface area contributed by atoms with Crippen LogP contribution in [0.1, 0.15) is 6.92 Å². The quantitative estimate of drug-likeness (QED) is 0.718. The van der Waals surface area contributed by atoms with Gasteiger partial charge in [0.15, 0.2) is 11.5 Å². The second-order valence-electron chi connectivity index (χ2n) is 5.53. The maximum atomic E-state index is 12.5. The number of rotatable bonds is 9. The van der Waals surface area contributed by atoms with E-state index < -0.39 is 16.1 Å². The Bertz CT molecular complexity index is 820. The smallest absolute Gasteiger partial charge is 0.241 e. The van der Waals surface area contributed by atoms with Crippen LogP contribution in [0.3, 0.4) is 0 Å². The number of ether oxygens (including phenoxy) is 4. The normalized spacial score (nSPS) is 12.3. The van der Waals surface area contributed by atoms with Gasteiger partial charge >= 0.3 is 0 Å². The highest BCUT2D eigenvalue weighted by Gasteiger charge is 2.20. The molecule has 0 aliphatic heterocycles. The first-order valence-electron chi connectivity index (χ1n) is 7.91. The van der Waals surface area contributed by atoms with Crippen molar-refractivity contribution in [1.29, 1.82) is 0 Å². The van der Waals surface area contributed by atoms with Gasteiger partial charge < -0.3 is 18.9 Å². The van der Waals surface area contributed by atoms with Gasteiger partial charge in [0.25, 0.3) is 0 Å². The van der Waals surface area contributed by atoms with Crippen molar-refractivity contribution < 1.29 is 27.4 Å². The lowest BCUT2D eigenvalue weighted by molar-refractivity contribution is 0.287. The van der Waals surface area contributed by atoms with E-state index in [9.17, 15) is 8.42 Å². The fourth-order valence-corrected chi connectivity index (χ4v) is 3.49. The highest BCUT2D eigenvalue weighted by atomic mass is 32.2. The molecule has 1 N–H and O–H groups in total. The minimum absolute atomic E-state index is 0.0893. The molecule has 2 aromatic rings. The Morgan fingerprint density at radius 1 is 0.885 bits per heavy atom. The second-order valence-corrected chi connectivity index (χ2v) is 7.24.